The molecule has 0 radical (unpaired) electrons. The molecule has 1 heterocycles. The number of alkyl halides is 2. The van der Waals surface area contributed by atoms with Gasteiger partial charge in [0.2, 0.25) is 0 Å². The van der Waals surface area contributed by atoms with Crippen LogP contribution in [-0.4, -0.2) is 47.7 Å². The normalized spacial score (nSPS) is 11.2. The highest BCUT2D eigenvalue weighted by molar-refractivity contribution is 14.0. The molecule has 2 aromatic carbocycles. The Balaban J connectivity index is 0.00000363. The lowest BCUT2D eigenvalue weighted by molar-refractivity contribution is -0.0498. The molecule has 6 nitrogen and oxygen atoms in total. The lowest BCUT2D eigenvalue weighted by Gasteiger charge is -2.22. The molecule has 9 heteroatoms. The van der Waals surface area contributed by atoms with Crippen LogP contribution in [0.1, 0.15) is 17.0 Å². The van der Waals surface area contributed by atoms with Crippen LogP contribution in [0.25, 0.3) is 0 Å². The molecular formula is C23H28F2IN5O. The Morgan fingerprint density at radius 2 is 1.84 bits per heavy atom. The minimum Gasteiger partial charge on any atom is -0.435 e. The molecule has 0 aliphatic rings. The van der Waals surface area contributed by atoms with Gasteiger partial charge in [-0.1, -0.05) is 42.5 Å². The lowest BCUT2D eigenvalue weighted by atomic mass is 10.2. The van der Waals surface area contributed by atoms with Crippen molar-refractivity contribution in [3.05, 3.63) is 83.9 Å². The molecule has 1 aromatic heterocycles. The van der Waals surface area contributed by atoms with E-state index in [0.29, 0.717) is 13.1 Å². The zero-order valence-electron chi connectivity index (χ0n) is 18.1. The molecule has 0 unspecified atom stereocenters. The summed E-state index contributed by atoms with van der Waals surface area (Å²) in [4.78, 5) is 10.8. The number of benzene rings is 2. The van der Waals surface area contributed by atoms with E-state index in [1.54, 1.807) is 19.2 Å². The first-order chi connectivity index (χ1) is 15.0. The van der Waals surface area contributed by atoms with E-state index in [2.05, 4.69) is 36.7 Å². The topological polar surface area (TPSA) is 54.7 Å². The molecule has 3 aromatic rings. The summed E-state index contributed by atoms with van der Waals surface area (Å²) in [6, 6.07) is 16.9. The Labute approximate surface area is 204 Å². The lowest BCUT2D eigenvalue weighted by Crippen LogP contribution is -2.39. The van der Waals surface area contributed by atoms with Gasteiger partial charge in [-0.25, -0.2) is 4.98 Å². The Bertz CT molecular complexity index is 964. The molecule has 0 amide bonds. The predicted octanol–water partition coefficient (Wildman–Crippen LogP) is 4.40. The highest BCUT2D eigenvalue weighted by Gasteiger charge is 2.09. The summed E-state index contributed by atoms with van der Waals surface area (Å²) in [5.41, 5.74) is 2.20. The van der Waals surface area contributed by atoms with Crippen LogP contribution < -0.4 is 10.1 Å². The van der Waals surface area contributed by atoms with Crippen LogP contribution in [0.15, 0.2) is 72.0 Å². The number of rotatable bonds is 9. The van der Waals surface area contributed by atoms with Crippen LogP contribution in [0.4, 0.5) is 8.78 Å². The second-order valence-corrected chi connectivity index (χ2v) is 7.06. The number of nitrogens with zero attached hydrogens (tertiary/aromatic N) is 4. The van der Waals surface area contributed by atoms with E-state index in [9.17, 15) is 8.78 Å². The molecule has 3 rings (SSSR count). The number of nitrogens with one attached hydrogen (secondary N) is 1. The van der Waals surface area contributed by atoms with Crippen LogP contribution in [-0.2, 0) is 19.5 Å². The number of imidazole rings is 1. The first-order valence-electron chi connectivity index (χ1n) is 10.0. The molecule has 0 aliphatic carbocycles. The molecule has 0 spiro atoms. The second kappa shape index (κ2) is 13.0. The number of halogens is 3. The van der Waals surface area contributed by atoms with Gasteiger partial charge in [-0.15, -0.1) is 24.0 Å². The van der Waals surface area contributed by atoms with Gasteiger partial charge in [-0.05, 0) is 23.3 Å². The second-order valence-electron chi connectivity index (χ2n) is 7.06. The summed E-state index contributed by atoms with van der Waals surface area (Å²) in [6.07, 6.45) is 4.57. The van der Waals surface area contributed by atoms with Gasteiger partial charge in [-0.3, -0.25) is 4.99 Å². The maximum Gasteiger partial charge on any atom is 0.387 e. The van der Waals surface area contributed by atoms with Crippen molar-refractivity contribution in [2.45, 2.75) is 26.1 Å². The van der Waals surface area contributed by atoms with Crippen LogP contribution >= 0.6 is 24.0 Å². The Hall–Kier alpha value is -2.69. The highest BCUT2D eigenvalue weighted by Crippen LogP contribution is 2.15. The number of hydrogen-bond donors (Lipinski definition) is 1. The van der Waals surface area contributed by atoms with Crippen molar-refractivity contribution in [3.63, 3.8) is 0 Å². The van der Waals surface area contributed by atoms with Gasteiger partial charge in [0, 0.05) is 52.5 Å². The predicted molar refractivity (Wildman–Crippen MR) is 133 cm³/mol. The van der Waals surface area contributed by atoms with Crippen molar-refractivity contribution in [1.82, 2.24) is 19.8 Å². The summed E-state index contributed by atoms with van der Waals surface area (Å²) in [5.74, 6) is 1.90. The third-order valence-electron chi connectivity index (χ3n) is 4.77. The molecule has 1 N–H and O–H groups in total. The molecule has 0 atom stereocenters. The minimum atomic E-state index is -2.82. The summed E-state index contributed by atoms with van der Waals surface area (Å²) < 4.78 is 31.1. The van der Waals surface area contributed by atoms with Crippen molar-refractivity contribution >= 4 is 29.9 Å². The van der Waals surface area contributed by atoms with Gasteiger partial charge in [0.15, 0.2) is 5.96 Å². The summed E-state index contributed by atoms with van der Waals surface area (Å²) in [6.45, 7) is -0.767. The molecule has 0 bridgehead atoms. The monoisotopic (exact) mass is 555 g/mol. The van der Waals surface area contributed by atoms with Crippen molar-refractivity contribution in [3.8, 4) is 5.75 Å². The summed E-state index contributed by atoms with van der Waals surface area (Å²) >= 11 is 0. The number of guanidine groups is 1. The van der Waals surface area contributed by atoms with E-state index >= 15 is 0 Å². The van der Waals surface area contributed by atoms with Crippen molar-refractivity contribution in [2.75, 3.05) is 20.6 Å². The molecule has 0 saturated heterocycles. The first-order valence-corrected chi connectivity index (χ1v) is 10.0. The Morgan fingerprint density at radius 3 is 2.50 bits per heavy atom. The molecular weight excluding hydrogens is 527 g/mol. The van der Waals surface area contributed by atoms with Gasteiger partial charge in [0.1, 0.15) is 11.6 Å². The number of aliphatic imine (C=N–C) groups is 1. The molecule has 32 heavy (non-hydrogen) atoms. The standard InChI is InChI=1S/C23H27F2N5O.HI/c1-26-23(29(2)16-19-8-10-20(11-9-19)31-22(24)25)28-13-12-21-27-14-15-30(21)17-18-6-4-3-5-7-18;/h3-11,14-15,22H,12-13,16-17H2,1-2H3,(H,26,28);1H. The van der Waals surface area contributed by atoms with Gasteiger partial charge < -0.3 is 19.5 Å². The number of hydrogen-bond acceptors (Lipinski definition) is 3. The average molecular weight is 555 g/mol. The van der Waals surface area contributed by atoms with E-state index < -0.39 is 6.61 Å². The summed E-state index contributed by atoms with van der Waals surface area (Å²) in [5, 5.41) is 3.36. The molecule has 0 aliphatic heterocycles. The Kier molecular flexibility index (Phi) is 10.4. The first kappa shape index (κ1) is 25.6. The van der Waals surface area contributed by atoms with Crippen LogP contribution in [0.3, 0.4) is 0 Å². The van der Waals surface area contributed by atoms with Gasteiger partial charge in [-0.2, -0.15) is 8.78 Å². The van der Waals surface area contributed by atoms with Gasteiger partial charge in [0.05, 0.1) is 0 Å². The minimum absolute atomic E-state index is 0. The SMILES string of the molecule is CN=C(NCCc1nccn1Cc1ccccc1)N(C)Cc1ccc(OC(F)F)cc1.I. The van der Waals surface area contributed by atoms with Crippen LogP contribution in [0.5, 0.6) is 5.75 Å². The highest BCUT2D eigenvalue weighted by atomic mass is 127. The third kappa shape index (κ3) is 7.77. The maximum absolute atomic E-state index is 12.3. The average Bonchev–Trinajstić information content (AvgIpc) is 3.19. The zero-order chi connectivity index (χ0) is 22.1. The van der Waals surface area contributed by atoms with Crippen LogP contribution in [0, 0.1) is 0 Å². The van der Waals surface area contributed by atoms with Crippen molar-refractivity contribution in [2.24, 2.45) is 4.99 Å². The molecule has 0 saturated carbocycles. The van der Waals surface area contributed by atoms with Gasteiger partial charge in [0.25, 0.3) is 0 Å². The third-order valence-corrected chi connectivity index (χ3v) is 4.77. The maximum atomic E-state index is 12.3. The number of aromatic nitrogens is 2. The molecule has 0 fully saturated rings. The van der Waals surface area contributed by atoms with E-state index in [-0.39, 0.29) is 29.7 Å². The van der Waals surface area contributed by atoms with Crippen molar-refractivity contribution in [1.29, 1.82) is 0 Å². The Morgan fingerprint density at radius 1 is 1.12 bits per heavy atom. The van der Waals surface area contributed by atoms with Gasteiger partial charge >= 0.3 is 6.61 Å². The smallest absolute Gasteiger partial charge is 0.387 e. The fourth-order valence-corrected chi connectivity index (χ4v) is 3.29. The fourth-order valence-electron chi connectivity index (χ4n) is 3.29. The van der Waals surface area contributed by atoms with E-state index in [4.69, 9.17) is 0 Å². The fraction of sp³-hybridized carbons (Fsp3) is 0.304. The largest absolute Gasteiger partial charge is 0.435 e. The van der Waals surface area contributed by atoms with Crippen molar-refractivity contribution < 1.29 is 13.5 Å². The summed E-state index contributed by atoms with van der Waals surface area (Å²) in [7, 11) is 3.66. The van der Waals surface area contributed by atoms with E-state index in [1.807, 2.05) is 42.5 Å². The number of ether oxygens (including phenoxy) is 1. The zero-order valence-corrected chi connectivity index (χ0v) is 20.4. The quantitative estimate of drug-likeness (QED) is 0.242. The van der Waals surface area contributed by atoms with E-state index in [0.717, 1.165) is 30.3 Å². The van der Waals surface area contributed by atoms with Crippen LogP contribution in [0.2, 0.25) is 0 Å². The molecule has 172 valence electrons. The van der Waals surface area contributed by atoms with E-state index in [1.165, 1.54) is 17.7 Å².